The third-order valence-corrected chi connectivity index (χ3v) is 0.498. The standard InChI is InChI=1S/C5H8O2.Ti.Zr/c1-4(6)3-5(2)7;;/h3H2,1-2H3;;. The zero-order valence-electron chi connectivity index (χ0n) is 5.52. The number of carbonyl (C=O) groups excluding carboxylic acids is 2. The molecule has 0 aliphatic carbocycles. The maximum Gasteiger partial charge on any atom is 0.137 e. The van der Waals surface area contributed by atoms with Gasteiger partial charge in [0.25, 0.3) is 0 Å². The van der Waals surface area contributed by atoms with Gasteiger partial charge in [-0.2, -0.15) is 0 Å². The first-order valence-corrected chi connectivity index (χ1v) is 2.12. The van der Waals surface area contributed by atoms with E-state index in [0.717, 1.165) is 0 Å². The van der Waals surface area contributed by atoms with Gasteiger partial charge in [0.15, 0.2) is 0 Å². The number of Topliss-reactive ketones (excluding diaryl/α,β-unsaturated/α-hetero) is 2. The average molecular weight is 239 g/mol. The fraction of sp³-hybridized carbons (Fsp3) is 0.600. The van der Waals surface area contributed by atoms with Crippen LogP contribution >= 0.6 is 0 Å². The SMILES string of the molecule is CC(=O)CC(C)=O.[Ti].[Zr]. The van der Waals surface area contributed by atoms with Crippen molar-refractivity contribution in [1.82, 2.24) is 0 Å². The van der Waals surface area contributed by atoms with Crippen LogP contribution in [0.2, 0.25) is 0 Å². The van der Waals surface area contributed by atoms with Crippen molar-refractivity contribution in [3.63, 3.8) is 0 Å². The summed E-state index contributed by atoms with van der Waals surface area (Å²) in [6, 6.07) is 0. The second-order valence-electron chi connectivity index (χ2n) is 1.58. The zero-order valence-corrected chi connectivity index (χ0v) is 9.54. The minimum absolute atomic E-state index is 0. The molecule has 0 aromatic rings. The monoisotopic (exact) mass is 238 g/mol. The zero-order chi connectivity index (χ0) is 5.86. The Hall–Kier alpha value is 0.937. The van der Waals surface area contributed by atoms with Crippen molar-refractivity contribution in [2.45, 2.75) is 20.3 Å². The van der Waals surface area contributed by atoms with Crippen LogP contribution in [0.15, 0.2) is 0 Å². The summed E-state index contributed by atoms with van der Waals surface area (Å²) in [6.07, 6.45) is 0.0833. The van der Waals surface area contributed by atoms with Gasteiger partial charge in [-0.25, -0.2) is 0 Å². The van der Waals surface area contributed by atoms with Crippen molar-refractivity contribution in [2.75, 3.05) is 0 Å². The maximum atomic E-state index is 10.0. The van der Waals surface area contributed by atoms with Crippen LogP contribution in [0.4, 0.5) is 0 Å². The fourth-order valence-corrected chi connectivity index (χ4v) is 0.351. The molecule has 0 aliphatic rings. The molecule has 0 radical (unpaired) electrons. The van der Waals surface area contributed by atoms with E-state index >= 15 is 0 Å². The molecule has 0 bridgehead atoms. The molecule has 0 aliphatic heterocycles. The van der Waals surface area contributed by atoms with Crippen LogP contribution < -0.4 is 0 Å². The van der Waals surface area contributed by atoms with Gasteiger partial charge in [-0.05, 0) is 13.8 Å². The number of hydrogen-bond acceptors (Lipinski definition) is 2. The van der Waals surface area contributed by atoms with Crippen molar-refractivity contribution in [2.24, 2.45) is 0 Å². The summed E-state index contributed by atoms with van der Waals surface area (Å²) in [7, 11) is 0. The number of hydrogen-bond donors (Lipinski definition) is 0. The fourth-order valence-electron chi connectivity index (χ4n) is 0.351. The molecule has 0 N–H and O–H groups in total. The first-order valence-electron chi connectivity index (χ1n) is 2.12. The molecule has 0 aromatic carbocycles. The van der Waals surface area contributed by atoms with E-state index in [9.17, 15) is 9.59 Å². The van der Waals surface area contributed by atoms with Crippen LogP contribution in [0.1, 0.15) is 20.3 Å². The van der Waals surface area contributed by atoms with Gasteiger partial charge < -0.3 is 0 Å². The van der Waals surface area contributed by atoms with Crippen LogP contribution in [0.25, 0.3) is 0 Å². The molecule has 0 heterocycles. The Morgan fingerprint density at radius 3 is 1.33 bits per heavy atom. The van der Waals surface area contributed by atoms with Crippen LogP contribution in [-0.2, 0) is 57.5 Å². The minimum atomic E-state index is -0.0625. The van der Waals surface area contributed by atoms with E-state index in [1.807, 2.05) is 0 Å². The van der Waals surface area contributed by atoms with Crippen LogP contribution in [-0.4, -0.2) is 11.6 Å². The van der Waals surface area contributed by atoms with Crippen LogP contribution in [0.3, 0.4) is 0 Å². The molecule has 0 aromatic heterocycles. The van der Waals surface area contributed by atoms with Crippen LogP contribution in [0, 0.1) is 0 Å². The van der Waals surface area contributed by atoms with Crippen molar-refractivity contribution in [3.05, 3.63) is 0 Å². The third kappa shape index (κ3) is 17.6. The number of carbonyl (C=O) groups is 2. The van der Waals surface area contributed by atoms with E-state index in [1.165, 1.54) is 13.8 Å². The molecule has 9 heavy (non-hydrogen) atoms. The number of ketones is 2. The molecule has 2 nitrogen and oxygen atoms in total. The van der Waals surface area contributed by atoms with Crippen molar-refractivity contribution in [1.29, 1.82) is 0 Å². The Labute approximate surface area is 88.8 Å². The van der Waals surface area contributed by atoms with Gasteiger partial charge in [-0.1, -0.05) is 0 Å². The molecule has 0 saturated heterocycles. The molecule has 0 saturated carbocycles. The first kappa shape index (κ1) is 16.5. The van der Waals surface area contributed by atoms with Gasteiger partial charge in [0.2, 0.25) is 0 Å². The maximum absolute atomic E-state index is 10.0. The van der Waals surface area contributed by atoms with E-state index in [4.69, 9.17) is 0 Å². The second kappa shape index (κ2) is 8.94. The van der Waals surface area contributed by atoms with Crippen LogP contribution in [0.5, 0.6) is 0 Å². The van der Waals surface area contributed by atoms with Crippen molar-refractivity contribution < 1.29 is 57.5 Å². The van der Waals surface area contributed by atoms with Gasteiger partial charge in [0.1, 0.15) is 11.6 Å². The molecule has 0 unspecified atom stereocenters. The number of rotatable bonds is 2. The van der Waals surface area contributed by atoms with Gasteiger partial charge in [0.05, 0.1) is 6.42 Å². The molecule has 0 spiro atoms. The summed E-state index contributed by atoms with van der Waals surface area (Å²) < 4.78 is 0. The van der Waals surface area contributed by atoms with Gasteiger partial charge in [-0.3, -0.25) is 9.59 Å². The smallest absolute Gasteiger partial charge is 0.137 e. The van der Waals surface area contributed by atoms with Crippen molar-refractivity contribution in [3.8, 4) is 0 Å². The second-order valence-corrected chi connectivity index (χ2v) is 1.58. The minimum Gasteiger partial charge on any atom is -0.300 e. The topological polar surface area (TPSA) is 34.1 Å². The van der Waals surface area contributed by atoms with E-state index in [0.29, 0.717) is 0 Å². The van der Waals surface area contributed by atoms with Gasteiger partial charge in [-0.15, -0.1) is 0 Å². The summed E-state index contributed by atoms with van der Waals surface area (Å²) in [5, 5.41) is 0. The molecule has 48 valence electrons. The Morgan fingerprint density at radius 1 is 1.11 bits per heavy atom. The molecule has 0 atom stereocenters. The summed E-state index contributed by atoms with van der Waals surface area (Å²) in [5.74, 6) is -0.125. The molecular weight excluding hydrogens is 231 g/mol. The summed E-state index contributed by atoms with van der Waals surface area (Å²) in [6.45, 7) is 2.81. The Kier molecular flexibility index (Phi) is 16.4. The third-order valence-electron chi connectivity index (χ3n) is 0.498. The van der Waals surface area contributed by atoms with Gasteiger partial charge >= 0.3 is 0 Å². The predicted octanol–water partition coefficient (Wildman–Crippen LogP) is 0.549. The molecule has 0 amide bonds. The molecule has 0 fully saturated rings. The summed E-state index contributed by atoms with van der Waals surface area (Å²) in [4.78, 5) is 20.1. The summed E-state index contributed by atoms with van der Waals surface area (Å²) in [5.41, 5.74) is 0. The molecule has 0 rings (SSSR count). The quantitative estimate of drug-likeness (QED) is 0.521. The van der Waals surface area contributed by atoms with Crippen molar-refractivity contribution >= 4 is 11.6 Å². The summed E-state index contributed by atoms with van der Waals surface area (Å²) >= 11 is 0. The molecular formula is C5H8O2TiZr. The predicted molar refractivity (Wildman–Crippen MR) is 26.0 cm³/mol. The Morgan fingerprint density at radius 2 is 1.33 bits per heavy atom. The van der Waals surface area contributed by atoms with E-state index in [1.54, 1.807) is 0 Å². The Bertz CT molecular complexity index is 91.1. The van der Waals surface area contributed by atoms with Gasteiger partial charge in [0, 0.05) is 47.9 Å². The average Bonchev–Trinajstić information content (AvgIpc) is 1.27. The van der Waals surface area contributed by atoms with E-state index in [2.05, 4.69) is 0 Å². The van der Waals surface area contributed by atoms with E-state index in [-0.39, 0.29) is 65.9 Å². The van der Waals surface area contributed by atoms with E-state index < -0.39 is 0 Å². The normalized spacial score (nSPS) is 6.44. The molecule has 4 heteroatoms. The largest absolute Gasteiger partial charge is 0.300 e. The first-order chi connectivity index (χ1) is 3.13. The Balaban J connectivity index is -0.000000180.